The molecule has 2 N–H and O–H groups in total. The van der Waals surface area contributed by atoms with Crippen LogP contribution in [0.15, 0.2) is 35.6 Å². The van der Waals surface area contributed by atoms with Crippen molar-refractivity contribution in [1.82, 2.24) is 25.4 Å². The number of hydrogen-bond acceptors (Lipinski definition) is 4. The summed E-state index contributed by atoms with van der Waals surface area (Å²) in [7, 11) is 1.88. The van der Waals surface area contributed by atoms with Gasteiger partial charge in [-0.05, 0) is 32.3 Å². The second-order valence-corrected chi connectivity index (χ2v) is 6.13. The molecule has 0 spiro atoms. The van der Waals surface area contributed by atoms with Crippen LogP contribution in [0.2, 0.25) is 0 Å². The predicted molar refractivity (Wildman–Crippen MR) is 113 cm³/mol. The molecule has 0 radical (unpaired) electrons. The van der Waals surface area contributed by atoms with E-state index in [4.69, 9.17) is 4.74 Å². The standard InChI is InChI=1S/C18H26N6O.HI/c1-3-19-18(21-12-17-22-13-23-24(17)2)20-11-14-7-4-5-10-16(14)25-15-8-6-9-15;/h4-5,7,10,13,15H,3,6,8-9,11-12H2,1-2H3,(H2,19,20,21);1H. The Morgan fingerprint density at radius 2 is 2.12 bits per heavy atom. The van der Waals surface area contributed by atoms with Crippen LogP contribution in [0.1, 0.15) is 37.6 Å². The molecule has 0 aliphatic heterocycles. The van der Waals surface area contributed by atoms with Crippen molar-refractivity contribution in [2.24, 2.45) is 12.0 Å². The highest BCUT2D eigenvalue weighted by Crippen LogP contribution is 2.27. The maximum absolute atomic E-state index is 6.08. The van der Waals surface area contributed by atoms with Crippen molar-refractivity contribution in [2.45, 2.75) is 45.4 Å². The molecule has 0 saturated heterocycles. The lowest BCUT2D eigenvalue weighted by atomic mass is 9.96. The van der Waals surface area contributed by atoms with Crippen molar-refractivity contribution in [1.29, 1.82) is 0 Å². The van der Waals surface area contributed by atoms with E-state index in [-0.39, 0.29) is 24.0 Å². The molecular formula is C18H27IN6O. The number of ether oxygens (including phenoxy) is 1. The number of halogens is 1. The lowest BCUT2D eigenvalue weighted by Gasteiger charge is -2.27. The quantitative estimate of drug-likeness (QED) is 0.370. The van der Waals surface area contributed by atoms with Crippen molar-refractivity contribution in [3.8, 4) is 5.75 Å². The molecule has 142 valence electrons. The van der Waals surface area contributed by atoms with Gasteiger partial charge in [0.25, 0.3) is 0 Å². The molecule has 1 fully saturated rings. The van der Waals surface area contributed by atoms with Crippen LogP contribution in [0.5, 0.6) is 5.75 Å². The van der Waals surface area contributed by atoms with Crippen molar-refractivity contribution in [3.63, 3.8) is 0 Å². The Morgan fingerprint density at radius 1 is 1.31 bits per heavy atom. The van der Waals surface area contributed by atoms with E-state index in [9.17, 15) is 0 Å². The van der Waals surface area contributed by atoms with Gasteiger partial charge in [0.15, 0.2) is 5.96 Å². The molecule has 1 saturated carbocycles. The van der Waals surface area contributed by atoms with Crippen LogP contribution in [-0.4, -0.2) is 33.4 Å². The number of hydrogen-bond donors (Lipinski definition) is 2. The topological polar surface area (TPSA) is 76.4 Å². The second kappa shape index (κ2) is 10.3. The zero-order valence-electron chi connectivity index (χ0n) is 15.3. The average molecular weight is 470 g/mol. The first-order chi connectivity index (χ1) is 12.3. The van der Waals surface area contributed by atoms with Gasteiger partial charge >= 0.3 is 0 Å². The summed E-state index contributed by atoms with van der Waals surface area (Å²) >= 11 is 0. The van der Waals surface area contributed by atoms with Gasteiger partial charge in [-0.3, -0.25) is 4.68 Å². The molecule has 0 atom stereocenters. The SMILES string of the molecule is CCNC(=NCc1ccccc1OC1CCC1)NCc1ncnn1C.I. The normalized spacial score (nSPS) is 14.3. The molecule has 26 heavy (non-hydrogen) atoms. The number of rotatable bonds is 7. The Hall–Kier alpha value is -1.84. The summed E-state index contributed by atoms with van der Waals surface area (Å²) in [4.78, 5) is 8.90. The number of guanidine groups is 1. The van der Waals surface area contributed by atoms with Gasteiger partial charge in [-0.25, -0.2) is 9.98 Å². The molecule has 0 amide bonds. The monoisotopic (exact) mass is 470 g/mol. The minimum Gasteiger partial charge on any atom is -0.490 e. The van der Waals surface area contributed by atoms with Gasteiger partial charge < -0.3 is 15.4 Å². The van der Waals surface area contributed by atoms with E-state index in [1.165, 1.54) is 6.42 Å². The smallest absolute Gasteiger partial charge is 0.191 e. The molecule has 7 nitrogen and oxygen atoms in total. The molecule has 1 aromatic heterocycles. The summed E-state index contributed by atoms with van der Waals surface area (Å²) in [6, 6.07) is 8.14. The van der Waals surface area contributed by atoms with Crippen LogP contribution in [0.25, 0.3) is 0 Å². The maximum atomic E-state index is 6.08. The average Bonchev–Trinajstić information content (AvgIpc) is 2.99. The third-order valence-electron chi connectivity index (χ3n) is 4.29. The highest BCUT2D eigenvalue weighted by atomic mass is 127. The van der Waals surface area contributed by atoms with Crippen LogP contribution in [0.4, 0.5) is 0 Å². The summed E-state index contributed by atoms with van der Waals surface area (Å²) in [6.45, 7) is 3.98. The van der Waals surface area contributed by atoms with E-state index in [0.29, 0.717) is 19.2 Å². The summed E-state index contributed by atoms with van der Waals surface area (Å²) in [6.07, 6.45) is 5.49. The van der Waals surface area contributed by atoms with Crippen LogP contribution in [-0.2, 0) is 20.1 Å². The summed E-state index contributed by atoms with van der Waals surface area (Å²) < 4.78 is 7.82. The molecular weight excluding hydrogens is 443 g/mol. The number of aromatic nitrogens is 3. The maximum Gasteiger partial charge on any atom is 0.191 e. The van der Waals surface area contributed by atoms with E-state index in [1.54, 1.807) is 11.0 Å². The van der Waals surface area contributed by atoms with E-state index in [1.807, 2.05) is 32.2 Å². The minimum atomic E-state index is 0. The number of nitrogens with zero attached hydrogens (tertiary/aromatic N) is 4. The molecule has 1 aromatic carbocycles. The van der Waals surface area contributed by atoms with Crippen LogP contribution in [0.3, 0.4) is 0 Å². The Bertz CT molecular complexity index is 713. The van der Waals surface area contributed by atoms with Gasteiger partial charge in [-0.2, -0.15) is 5.10 Å². The summed E-state index contributed by atoms with van der Waals surface area (Å²) in [5.41, 5.74) is 1.10. The fraction of sp³-hybridized carbons (Fsp3) is 0.500. The summed E-state index contributed by atoms with van der Waals surface area (Å²) in [5.74, 6) is 2.56. The summed E-state index contributed by atoms with van der Waals surface area (Å²) in [5, 5.41) is 10.6. The van der Waals surface area contributed by atoms with E-state index >= 15 is 0 Å². The zero-order chi connectivity index (χ0) is 17.5. The number of benzene rings is 1. The highest BCUT2D eigenvalue weighted by molar-refractivity contribution is 14.0. The van der Waals surface area contributed by atoms with Crippen molar-refractivity contribution in [2.75, 3.05) is 6.54 Å². The van der Waals surface area contributed by atoms with Gasteiger partial charge in [0.2, 0.25) is 0 Å². The molecule has 2 aromatic rings. The Morgan fingerprint density at radius 3 is 2.77 bits per heavy atom. The fourth-order valence-corrected chi connectivity index (χ4v) is 2.57. The Balaban J connectivity index is 0.00000243. The van der Waals surface area contributed by atoms with E-state index in [2.05, 4.69) is 31.8 Å². The van der Waals surface area contributed by atoms with Gasteiger partial charge in [0.1, 0.15) is 17.9 Å². The van der Waals surface area contributed by atoms with Crippen LogP contribution < -0.4 is 15.4 Å². The lowest BCUT2D eigenvalue weighted by molar-refractivity contribution is 0.119. The highest BCUT2D eigenvalue weighted by Gasteiger charge is 2.20. The molecule has 8 heteroatoms. The van der Waals surface area contributed by atoms with Gasteiger partial charge in [-0.1, -0.05) is 18.2 Å². The molecule has 1 heterocycles. The lowest BCUT2D eigenvalue weighted by Crippen LogP contribution is -2.37. The molecule has 0 unspecified atom stereocenters. The Labute approximate surface area is 171 Å². The van der Waals surface area contributed by atoms with Crippen LogP contribution in [0, 0.1) is 0 Å². The molecule has 1 aliphatic carbocycles. The van der Waals surface area contributed by atoms with Gasteiger partial charge in [0, 0.05) is 19.2 Å². The van der Waals surface area contributed by atoms with Crippen molar-refractivity contribution in [3.05, 3.63) is 42.0 Å². The minimum absolute atomic E-state index is 0. The largest absolute Gasteiger partial charge is 0.490 e. The first kappa shape index (κ1) is 20.5. The zero-order valence-corrected chi connectivity index (χ0v) is 17.6. The fourth-order valence-electron chi connectivity index (χ4n) is 2.57. The first-order valence-electron chi connectivity index (χ1n) is 8.86. The van der Waals surface area contributed by atoms with E-state index in [0.717, 1.165) is 42.5 Å². The second-order valence-electron chi connectivity index (χ2n) is 6.13. The third-order valence-corrected chi connectivity index (χ3v) is 4.29. The molecule has 1 aliphatic rings. The number of nitrogens with one attached hydrogen (secondary N) is 2. The Kier molecular flexibility index (Phi) is 8.14. The molecule has 0 bridgehead atoms. The van der Waals surface area contributed by atoms with Gasteiger partial charge in [-0.15, -0.1) is 24.0 Å². The number of para-hydroxylation sites is 1. The van der Waals surface area contributed by atoms with Crippen molar-refractivity contribution < 1.29 is 4.74 Å². The van der Waals surface area contributed by atoms with Crippen LogP contribution >= 0.6 is 24.0 Å². The predicted octanol–water partition coefficient (Wildman–Crippen LogP) is 2.62. The number of aliphatic imine (C=N–C) groups is 1. The van der Waals surface area contributed by atoms with E-state index < -0.39 is 0 Å². The molecule has 3 rings (SSSR count). The van der Waals surface area contributed by atoms with Gasteiger partial charge in [0.05, 0.1) is 19.2 Å². The third kappa shape index (κ3) is 5.58. The number of aryl methyl sites for hydroxylation is 1. The van der Waals surface area contributed by atoms with Crippen molar-refractivity contribution >= 4 is 29.9 Å². The first-order valence-corrected chi connectivity index (χ1v) is 8.86.